The lowest BCUT2D eigenvalue weighted by molar-refractivity contribution is 0.143. The molecule has 25 heavy (non-hydrogen) atoms. The van der Waals surface area contributed by atoms with Crippen molar-refractivity contribution in [2.45, 2.75) is 33.0 Å². The Labute approximate surface area is 149 Å². The summed E-state index contributed by atoms with van der Waals surface area (Å²) >= 11 is 0. The molecule has 134 valence electrons. The van der Waals surface area contributed by atoms with Crippen molar-refractivity contribution < 1.29 is 9.47 Å². The van der Waals surface area contributed by atoms with Crippen LogP contribution < -0.4 is 9.47 Å². The molecule has 0 saturated carbocycles. The van der Waals surface area contributed by atoms with Gasteiger partial charge in [-0.05, 0) is 30.8 Å². The number of fused-ring (bicyclic) bond motifs is 2. The van der Waals surface area contributed by atoms with E-state index in [4.69, 9.17) is 9.47 Å². The van der Waals surface area contributed by atoms with Gasteiger partial charge >= 0.3 is 0 Å². The summed E-state index contributed by atoms with van der Waals surface area (Å²) in [6.07, 6.45) is 3.99. The summed E-state index contributed by atoms with van der Waals surface area (Å²) in [5, 5.41) is 0. The van der Waals surface area contributed by atoms with Crippen molar-refractivity contribution in [3.63, 3.8) is 0 Å². The van der Waals surface area contributed by atoms with Crippen molar-refractivity contribution in [3.8, 4) is 11.5 Å². The second kappa shape index (κ2) is 7.06. The van der Waals surface area contributed by atoms with Crippen LogP contribution in [0, 0.1) is 0 Å². The zero-order chi connectivity index (χ0) is 17.2. The lowest BCUT2D eigenvalue weighted by Gasteiger charge is -2.36. The third kappa shape index (κ3) is 3.37. The number of aromatic nitrogens is 2. The maximum Gasteiger partial charge on any atom is 0.231 e. The summed E-state index contributed by atoms with van der Waals surface area (Å²) < 4.78 is 13.3. The van der Waals surface area contributed by atoms with Gasteiger partial charge in [-0.15, -0.1) is 0 Å². The number of likely N-dealkylation sites (N-methyl/N-ethyl adjacent to an activating group) is 1. The molecule has 1 aromatic heterocycles. The molecule has 0 aliphatic carbocycles. The maximum atomic E-state index is 5.51. The standard InChI is InChI=1S/C19H26N4O2/c1-3-21(4-2)11-17-12-22(10-16-8-20-13-23(16)17)9-15-5-6-18-19(7-15)25-14-24-18/h5-8,13,17H,3-4,9-12,14H2,1-2H3. The highest BCUT2D eigenvalue weighted by Crippen LogP contribution is 2.33. The number of nitrogens with zero attached hydrogens (tertiary/aromatic N) is 4. The van der Waals surface area contributed by atoms with Crippen LogP contribution >= 0.6 is 0 Å². The van der Waals surface area contributed by atoms with Gasteiger partial charge in [-0.2, -0.15) is 0 Å². The highest BCUT2D eigenvalue weighted by molar-refractivity contribution is 5.44. The van der Waals surface area contributed by atoms with E-state index in [1.807, 2.05) is 18.6 Å². The number of hydrogen-bond donors (Lipinski definition) is 0. The Hall–Kier alpha value is -2.05. The predicted molar refractivity (Wildman–Crippen MR) is 95.7 cm³/mol. The number of hydrogen-bond acceptors (Lipinski definition) is 5. The zero-order valence-corrected chi connectivity index (χ0v) is 15.0. The molecule has 0 amide bonds. The smallest absolute Gasteiger partial charge is 0.231 e. The van der Waals surface area contributed by atoms with Crippen LogP contribution in [0.15, 0.2) is 30.7 Å². The van der Waals surface area contributed by atoms with Crippen LogP contribution in [0.2, 0.25) is 0 Å². The maximum absolute atomic E-state index is 5.51. The third-order valence-electron chi connectivity index (χ3n) is 5.20. The SMILES string of the molecule is CCN(CC)CC1CN(Cc2ccc3c(c2)OCO3)Cc2cncn21. The van der Waals surface area contributed by atoms with Gasteiger partial charge in [0.1, 0.15) is 0 Å². The molecule has 1 aromatic carbocycles. The van der Waals surface area contributed by atoms with E-state index in [9.17, 15) is 0 Å². The normalized spacial score (nSPS) is 19.4. The minimum atomic E-state index is 0.327. The van der Waals surface area contributed by atoms with E-state index >= 15 is 0 Å². The molecule has 1 unspecified atom stereocenters. The van der Waals surface area contributed by atoms with E-state index in [0.29, 0.717) is 12.8 Å². The molecule has 2 aliphatic rings. The van der Waals surface area contributed by atoms with Gasteiger partial charge < -0.3 is 18.9 Å². The summed E-state index contributed by atoms with van der Waals surface area (Å²) in [6, 6.07) is 6.70. The molecule has 2 aromatic rings. The van der Waals surface area contributed by atoms with Crippen molar-refractivity contribution in [1.29, 1.82) is 0 Å². The fraction of sp³-hybridized carbons (Fsp3) is 0.526. The minimum Gasteiger partial charge on any atom is -0.454 e. The number of imidazole rings is 1. The van der Waals surface area contributed by atoms with Crippen LogP contribution in [-0.4, -0.2) is 52.3 Å². The Morgan fingerprint density at radius 3 is 2.88 bits per heavy atom. The molecule has 6 nitrogen and oxygen atoms in total. The molecule has 4 rings (SSSR count). The lowest BCUT2D eigenvalue weighted by atomic mass is 10.1. The van der Waals surface area contributed by atoms with E-state index in [1.54, 1.807) is 0 Å². The van der Waals surface area contributed by atoms with Crippen molar-refractivity contribution >= 4 is 0 Å². The summed E-state index contributed by atoms with van der Waals surface area (Å²) in [7, 11) is 0. The first-order valence-corrected chi connectivity index (χ1v) is 9.10. The van der Waals surface area contributed by atoms with Gasteiger partial charge in [-0.3, -0.25) is 4.90 Å². The molecule has 6 heteroatoms. The minimum absolute atomic E-state index is 0.327. The van der Waals surface area contributed by atoms with Crippen molar-refractivity contribution in [3.05, 3.63) is 42.0 Å². The predicted octanol–water partition coefficient (Wildman–Crippen LogP) is 2.51. The molecule has 0 saturated heterocycles. The summed E-state index contributed by atoms with van der Waals surface area (Å²) in [5.74, 6) is 1.71. The van der Waals surface area contributed by atoms with Crippen LogP contribution in [0.5, 0.6) is 11.5 Å². The Kier molecular flexibility index (Phi) is 4.63. The van der Waals surface area contributed by atoms with Gasteiger partial charge in [-0.25, -0.2) is 4.98 Å². The fourth-order valence-corrected chi connectivity index (χ4v) is 3.81. The van der Waals surface area contributed by atoms with Gasteiger partial charge in [0.05, 0.1) is 18.1 Å². The van der Waals surface area contributed by atoms with Crippen LogP contribution in [0.25, 0.3) is 0 Å². The van der Waals surface area contributed by atoms with Crippen molar-refractivity contribution in [2.24, 2.45) is 0 Å². The van der Waals surface area contributed by atoms with Gasteiger partial charge in [-0.1, -0.05) is 19.9 Å². The molecular weight excluding hydrogens is 316 g/mol. The Morgan fingerprint density at radius 1 is 1.20 bits per heavy atom. The van der Waals surface area contributed by atoms with Crippen molar-refractivity contribution in [2.75, 3.05) is 33.0 Å². The monoisotopic (exact) mass is 342 g/mol. The number of benzene rings is 1. The second-order valence-electron chi connectivity index (χ2n) is 6.79. The third-order valence-corrected chi connectivity index (χ3v) is 5.20. The molecule has 0 N–H and O–H groups in total. The van der Waals surface area contributed by atoms with Crippen LogP contribution in [0.1, 0.15) is 31.1 Å². The zero-order valence-electron chi connectivity index (χ0n) is 15.0. The first-order valence-electron chi connectivity index (χ1n) is 9.10. The highest BCUT2D eigenvalue weighted by Gasteiger charge is 2.26. The van der Waals surface area contributed by atoms with Gasteiger partial charge in [0.15, 0.2) is 11.5 Å². The molecule has 0 bridgehead atoms. The van der Waals surface area contributed by atoms with Crippen LogP contribution in [0.3, 0.4) is 0 Å². The molecule has 1 atom stereocenters. The Balaban J connectivity index is 1.49. The molecular formula is C19H26N4O2. The largest absolute Gasteiger partial charge is 0.454 e. The highest BCUT2D eigenvalue weighted by atomic mass is 16.7. The van der Waals surface area contributed by atoms with Gasteiger partial charge in [0.2, 0.25) is 6.79 Å². The molecule has 0 radical (unpaired) electrons. The molecule has 2 aliphatic heterocycles. The average Bonchev–Trinajstić information content (AvgIpc) is 3.27. The van der Waals surface area contributed by atoms with Gasteiger partial charge in [0.25, 0.3) is 0 Å². The van der Waals surface area contributed by atoms with E-state index in [2.05, 4.69) is 45.3 Å². The second-order valence-corrected chi connectivity index (χ2v) is 6.79. The number of rotatable bonds is 6. The Bertz CT molecular complexity index is 726. The first kappa shape index (κ1) is 16.4. The summed E-state index contributed by atoms with van der Waals surface area (Å²) in [4.78, 5) is 9.37. The van der Waals surface area contributed by atoms with Gasteiger partial charge in [0, 0.05) is 32.4 Å². The Morgan fingerprint density at radius 2 is 2.04 bits per heavy atom. The summed E-state index contributed by atoms with van der Waals surface area (Å²) in [6.45, 7) is 10.9. The molecule has 0 fully saturated rings. The topological polar surface area (TPSA) is 42.8 Å². The molecule has 3 heterocycles. The average molecular weight is 342 g/mol. The quantitative estimate of drug-likeness (QED) is 0.807. The van der Waals surface area contributed by atoms with Crippen LogP contribution in [0.4, 0.5) is 0 Å². The van der Waals surface area contributed by atoms with Crippen molar-refractivity contribution in [1.82, 2.24) is 19.4 Å². The fourth-order valence-electron chi connectivity index (χ4n) is 3.81. The summed E-state index contributed by atoms with van der Waals surface area (Å²) in [5.41, 5.74) is 2.56. The van der Waals surface area contributed by atoms with E-state index in [0.717, 1.165) is 50.8 Å². The molecule has 0 spiro atoms. The van der Waals surface area contributed by atoms with E-state index in [-0.39, 0.29) is 0 Å². The van der Waals surface area contributed by atoms with Crippen LogP contribution in [-0.2, 0) is 13.1 Å². The van der Waals surface area contributed by atoms with E-state index < -0.39 is 0 Å². The van der Waals surface area contributed by atoms with E-state index in [1.165, 1.54) is 11.3 Å². The first-order chi connectivity index (χ1) is 12.3. The number of ether oxygens (including phenoxy) is 2. The lowest BCUT2D eigenvalue weighted by Crippen LogP contribution is -2.42.